The van der Waals surface area contributed by atoms with Crippen molar-refractivity contribution >= 4 is 29.8 Å². The van der Waals surface area contributed by atoms with Gasteiger partial charge >= 0.3 is 11.9 Å². The highest BCUT2D eigenvalue weighted by Gasteiger charge is 2.29. The van der Waals surface area contributed by atoms with Crippen LogP contribution in [-0.4, -0.2) is 11.9 Å². The van der Waals surface area contributed by atoms with E-state index in [0.717, 1.165) is 22.3 Å². The molecule has 0 aromatic heterocycles. The number of nitrogens with two attached hydrogens (primary N) is 1. The Bertz CT molecular complexity index is 1380. The Labute approximate surface area is 217 Å². The lowest BCUT2D eigenvalue weighted by molar-refractivity contribution is -0.132. The quantitative estimate of drug-likeness (QED) is 0.234. The van der Waals surface area contributed by atoms with Crippen molar-refractivity contribution < 1.29 is 19.1 Å². The van der Waals surface area contributed by atoms with E-state index in [-0.39, 0.29) is 18.3 Å². The summed E-state index contributed by atoms with van der Waals surface area (Å²) in [4.78, 5) is 26.5. The molecule has 186 valence electrons. The molecule has 0 fully saturated rings. The second kappa shape index (κ2) is 12.7. The Morgan fingerprint density at radius 3 is 2.22 bits per heavy atom. The maximum absolute atomic E-state index is 11.8. The second-order valence-corrected chi connectivity index (χ2v) is 8.25. The number of ether oxygens (including phenoxy) is 2. The van der Waals surface area contributed by atoms with Gasteiger partial charge in [0.15, 0.2) is 0 Å². The highest BCUT2D eigenvalue weighted by Crippen LogP contribution is 2.31. The zero-order chi connectivity index (χ0) is 26.8. The van der Waals surface area contributed by atoms with Crippen LogP contribution in [0.4, 0.5) is 5.69 Å². The predicted molar refractivity (Wildman–Crippen MR) is 146 cm³/mol. The third-order valence-electron chi connectivity index (χ3n) is 5.55. The van der Waals surface area contributed by atoms with E-state index < -0.39 is 5.97 Å². The summed E-state index contributed by atoms with van der Waals surface area (Å²) in [7, 11) is 0. The number of hydrogen-bond acceptors (Lipinski definition) is 5. The van der Waals surface area contributed by atoms with Crippen LogP contribution in [0.5, 0.6) is 0 Å². The molecule has 1 aliphatic heterocycles. The van der Waals surface area contributed by atoms with Crippen molar-refractivity contribution in [1.82, 2.24) is 0 Å². The molecule has 4 rings (SSSR count). The minimum atomic E-state index is -0.566. The molecule has 6 heteroatoms. The molecule has 6 nitrogen and oxygen atoms in total. The van der Waals surface area contributed by atoms with Crippen LogP contribution < -0.4 is 5.73 Å². The number of nitrogen functional groups attached to an aromatic ring is 1. The van der Waals surface area contributed by atoms with E-state index in [1.165, 1.54) is 0 Å². The summed E-state index contributed by atoms with van der Waals surface area (Å²) in [6, 6.07) is 22.3. The fourth-order valence-corrected chi connectivity index (χ4v) is 3.44. The summed E-state index contributed by atoms with van der Waals surface area (Å²) in [6.45, 7) is 14.8. The van der Waals surface area contributed by atoms with Crippen LogP contribution in [0.25, 0.3) is 17.0 Å². The zero-order valence-electron chi connectivity index (χ0n) is 20.9. The van der Waals surface area contributed by atoms with Crippen LogP contribution in [0.2, 0.25) is 0 Å². The van der Waals surface area contributed by atoms with Crippen molar-refractivity contribution in [3.63, 3.8) is 0 Å². The number of rotatable bonds is 6. The van der Waals surface area contributed by atoms with Crippen molar-refractivity contribution in [2.75, 3.05) is 5.73 Å². The second-order valence-electron chi connectivity index (χ2n) is 8.25. The smallest absolute Gasteiger partial charge is 0.342 e. The molecule has 3 aromatic rings. The van der Waals surface area contributed by atoms with Gasteiger partial charge in [-0.05, 0) is 60.4 Å². The van der Waals surface area contributed by atoms with Crippen molar-refractivity contribution in [3.05, 3.63) is 136 Å². The Morgan fingerprint density at radius 1 is 1.03 bits per heavy atom. The molecule has 2 N–H and O–H groups in total. The number of aryl methyl sites for hydroxylation is 1. The van der Waals surface area contributed by atoms with Crippen LogP contribution in [0.15, 0.2) is 96.4 Å². The number of carbonyl (C=O) groups excluding carboxylic acids is 2. The Morgan fingerprint density at radius 2 is 1.65 bits per heavy atom. The molecule has 0 saturated heterocycles. The fraction of sp³-hybridized carbons (Fsp3) is 0.129. The molecular formula is C31H28N2O4. The van der Waals surface area contributed by atoms with Crippen LogP contribution in [0, 0.1) is 13.5 Å². The van der Waals surface area contributed by atoms with E-state index in [0.29, 0.717) is 29.0 Å². The lowest BCUT2D eigenvalue weighted by atomic mass is 10.1. The van der Waals surface area contributed by atoms with E-state index in [9.17, 15) is 9.59 Å². The van der Waals surface area contributed by atoms with E-state index >= 15 is 0 Å². The molecule has 0 bridgehead atoms. The molecule has 0 amide bonds. The maximum atomic E-state index is 11.8. The molecule has 0 atom stereocenters. The number of hydrogen-bond donors (Lipinski definition) is 1. The molecule has 1 heterocycles. The first-order valence-electron chi connectivity index (χ1n) is 11.7. The average Bonchev–Trinajstić information content (AvgIpc) is 3.23. The van der Waals surface area contributed by atoms with Crippen molar-refractivity contribution in [2.24, 2.45) is 0 Å². The average molecular weight is 493 g/mol. The fourth-order valence-electron chi connectivity index (χ4n) is 3.44. The van der Waals surface area contributed by atoms with Crippen molar-refractivity contribution in [3.8, 4) is 0 Å². The molecular weight excluding hydrogens is 464 g/mol. The van der Waals surface area contributed by atoms with Gasteiger partial charge in [-0.2, -0.15) is 0 Å². The van der Waals surface area contributed by atoms with Crippen LogP contribution in [-0.2, 0) is 20.9 Å². The van der Waals surface area contributed by atoms with Gasteiger partial charge in [0.05, 0.1) is 12.1 Å². The van der Waals surface area contributed by atoms with Gasteiger partial charge in [0.2, 0.25) is 0 Å². The van der Waals surface area contributed by atoms with Crippen LogP contribution in [0.3, 0.4) is 0 Å². The first-order valence-corrected chi connectivity index (χ1v) is 11.7. The normalized spacial score (nSPS) is 13.3. The molecule has 0 saturated carbocycles. The summed E-state index contributed by atoms with van der Waals surface area (Å²) in [6.07, 6.45) is 4.11. The Kier molecular flexibility index (Phi) is 9.17. The van der Waals surface area contributed by atoms with Crippen molar-refractivity contribution in [1.29, 1.82) is 0 Å². The number of benzene rings is 3. The van der Waals surface area contributed by atoms with Gasteiger partial charge in [0, 0.05) is 11.3 Å². The van der Waals surface area contributed by atoms with E-state index in [1.54, 1.807) is 36.4 Å². The number of cyclic esters (lactones) is 1. The number of allylic oxidation sites excluding steroid dienone is 1. The summed E-state index contributed by atoms with van der Waals surface area (Å²) >= 11 is 0. The summed E-state index contributed by atoms with van der Waals surface area (Å²) in [5, 5.41) is 0. The van der Waals surface area contributed by atoms with Gasteiger partial charge in [-0.15, -0.1) is 0 Å². The van der Waals surface area contributed by atoms with Gasteiger partial charge < -0.3 is 15.2 Å². The molecule has 0 unspecified atom stereocenters. The third kappa shape index (κ3) is 7.30. The van der Waals surface area contributed by atoms with Gasteiger partial charge in [0.1, 0.15) is 12.4 Å². The molecule has 37 heavy (non-hydrogen) atoms. The minimum Gasteiger partial charge on any atom is -0.457 e. The lowest BCUT2D eigenvalue weighted by Gasteiger charge is -2.05. The third-order valence-corrected chi connectivity index (χ3v) is 5.55. The van der Waals surface area contributed by atoms with E-state index in [2.05, 4.69) is 11.4 Å². The SMILES string of the molecule is C=Cc1ccc(COC(=O)c2ccc(C)cc2)cc1.[C-]#[N+]C1=C(CC)C(=Cc2ccc(N)cc2)OC1=O. The highest BCUT2D eigenvalue weighted by atomic mass is 16.5. The van der Waals surface area contributed by atoms with E-state index in [1.807, 2.05) is 62.4 Å². The first kappa shape index (κ1) is 26.7. The largest absolute Gasteiger partial charge is 0.457 e. The van der Waals surface area contributed by atoms with Gasteiger partial charge in [-0.3, -0.25) is 4.79 Å². The topological polar surface area (TPSA) is 83.0 Å². The predicted octanol–water partition coefficient (Wildman–Crippen LogP) is 6.74. The number of nitrogens with zero attached hydrogens (tertiary/aromatic N) is 1. The minimum absolute atomic E-state index is 0.0826. The summed E-state index contributed by atoms with van der Waals surface area (Å²) < 4.78 is 10.4. The zero-order valence-corrected chi connectivity index (χ0v) is 20.9. The molecule has 1 aliphatic rings. The summed E-state index contributed by atoms with van der Waals surface area (Å²) in [5.41, 5.74) is 11.6. The van der Waals surface area contributed by atoms with E-state index in [4.69, 9.17) is 21.8 Å². The summed E-state index contributed by atoms with van der Waals surface area (Å²) in [5.74, 6) is -0.408. The Hall–Kier alpha value is -4.89. The Balaban J connectivity index is 0.000000206. The number of esters is 2. The molecule has 0 spiro atoms. The van der Waals surface area contributed by atoms with Crippen LogP contribution >= 0.6 is 0 Å². The number of carbonyl (C=O) groups is 2. The lowest BCUT2D eigenvalue weighted by Crippen LogP contribution is -2.05. The highest BCUT2D eigenvalue weighted by molar-refractivity contribution is 5.97. The monoisotopic (exact) mass is 492 g/mol. The molecule has 0 radical (unpaired) electrons. The maximum Gasteiger partial charge on any atom is 0.342 e. The molecule has 3 aromatic carbocycles. The van der Waals surface area contributed by atoms with Crippen molar-refractivity contribution in [2.45, 2.75) is 26.9 Å². The first-order chi connectivity index (χ1) is 17.8. The van der Waals surface area contributed by atoms with Gasteiger partial charge in [0.25, 0.3) is 5.70 Å². The van der Waals surface area contributed by atoms with Crippen LogP contribution in [0.1, 0.15) is 46.0 Å². The molecule has 0 aliphatic carbocycles. The van der Waals surface area contributed by atoms with Gasteiger partial charge in [-0.25, -0.2) is 9.64 Å². The standard InChI is InChI=1S/C17H16O2.C14H12N2O2/c1-3-14-6-8-15(9-7-14)12-19-17(18)16-10-4-13(2)5-11-16;1-3-11-12(18-14(17)13(11)16-2)8-9-4-6-10(15)7-5-9/h3-11H,1,12H2,2H3;4-8H,3,15H2,1H3. The van der Waals surface area contributed by atoms with Gasteiger partial charge in [-0.1, -0.05) is 73.7 Å². The number of anilines is 1.